The van der Waals surface area contributed by atoms with Crippen LogP contribution in [-0.2, 0) is 6.54 Å². The van der Waals surface area contributed by atoms with Crippen LogP contribution in [0.15, 0.2) is 47.3 Å². The molecule has 0 aliphatic heterocycles. The van der Waals surface area contributed by atoms with Crippen LogP contribution >= 0.6 is 0 Å². The molecule has 2 aromatic carbocycles. The Bertz CT molecular complexity index is 785. The van der Waals surface area contributed by atoms with Crippen molar-refractivity contribution in [2.24, 2.45) is 0 Å². The van der Waals surface area contributed by atoms with Gasteiger partial charge in [0, 0.05) is 0 Å². The number of H-pyrrole nitrogens is 1. The molecule has 19 heavy (non-hydrogen) atoms. The minimum Gasteiger partial charge on any atom is -0.508 e. The van der Waals surface area contributed by atoms with Crippen molar-refractivity contribution in [3.63, 3.8) is 0 Å². The zero-order chi connectivity index (χ0) is 13.4. The largest absolute Gasteiger partial charge is 0.508 e. The number of aromatic hydroxyl groups is 2. The van der Waals surface area contributed by atoms with E-state index in [-0.39, 0.29) is 17.2 Å². The molecule has 0 aliphatic carbocycles. The van der Waals surface area contributed by atoms with E-state index in [0.29, 0.717) is 17.6 Å². The summed E-state index contributed by atoms with van der Waals surface area (Å²) in [5, 5.41) is 19.1. The lowest BCUT2D eigenvalue weighted by Crippen LogP contribution is -2.17. The van der Waals surface area contributed by atoms with Crippen LogP contribution in [0.5, 0.6) is 11.5 Å². The van der Waals surface area contributed by atoms with E-state index in [4.69, 9.17) is 0 Å². The normalized spacial score (nSPS) is 10.9. The molecule has 0 spiro atoms. The summed E-state index contributed by atoms with van der Waals surface area (Å²) >= 11 is 0. The molecule has 1 aromatic heterocycles. The molecule has 0 aliphatic rings. The molecule has 0 fully saturated rings. The first kappa shape index (κ1) is 11.4. The van der Waals surface area contributed by atoms with Gasteiger partial charge in [-0.15, -0.1) is 0 Å². The van der Waals surface area contributed by atoms with Gasteiger partial charge in [0.15, 0.2) is 0 Å². The summed E-state index contributed by atoms with van der Waals surface area (Å²) in [6.07, 6.45) is 0. The number of hydrogen-bond donors (Lipinski definition) is 3. The Hall–Kier alpha value is -2.69. The van der Waals surface area contributed by atoms with E-state index in [2.05, 4.69) is 4.98 Å². The fourth-order valence-corrected chi connectivity index (χ4v) is 2.13. The van der Waals surface area contributed by atoms with E-state index < -0.39 is 0 Å². The standard InChI is InChI=1S/C14H12N2O3/c17-10-6-4-9(5-7-10)8-16-13-11(15-14(16)19)2-1-3-12(13)18/h1-7,17-18H,8H2,(H,15,19). The molecule has 1 heterocycles. The van der Waals surface area contributed by atoms with Crippen molar-refractivity contribution >= 4 is 11.0 Å². The zero-order valence-corrected chi connectivity index (χ0v) is 10.00. The van der Waals surface area contributed by atoms with Gasteiger partial charge in [0.2, 0.25) is 0 Å². The minimum absolute atomic E-state index is 0.0645. The lowest BCUT2D eigenvalue weighted by atomic mass is 10.2. The Balaban J connectivity index is 2.12. The molecule has 5 nitrogen and oxygen atoms in total. The third kappa shape index (κ3) is 1.95. The lowest BCUT2D eigenvalue weighted by Gasteiger charge is -2.05. The smallest absolute Gasteiger partial charge is 0.326 e. The first-order valence-electron chi connectivity index (χ1n) is 5.83. The van der Waals surface area contributed by atoms with Gasteiger partial charge in [-0.3, -0.25) is 4.57 Å². The van der Waals surface area contributed by atoms with Gasteiger partial charge in [-0.1, -0.05) is 18.2 Å². The van der Waals surface area contributed by atoms with Crippen LogP contribution in [0.3, 0.4) is 0 Å². The van der Waals surface area contributed by atoms with E-state index in [1.165, 1.54) is 4.57 Å². The van der Waals surface area contributed by atoms with Crippen LogP contribution in [0.2, 0.25) is 0 Å². The van der Waals surface area contributed by atoms with Crippen LogP contribution in [-0.4, -0.2) is 19.8 Å². The number of phenols is 2. The Kier molecular flexibility index (Phi) is 2.52. The van der Waals surface area contributed by atoms with Gasteiger partial charge in [0.25, 0.3) is 0 Å². The van der Waals surface area contributed by atoms with Crippen LogP contribution < -0.4 is 5.69 Å². The van der Waals surface area contributed by atoms with Crippen molar-refractivity contribution in [2.45, 2.75) is 6.54 Å². The maximum Gasteiger partial charge on any atom is 0.326 e. The van der Waals surface area contributed by atoms with Gasteiger partial charge < -0.3 is 15.2 Å². The van der Waals surface area contributed by atoms with Gasteiger partial charge in [-0.05, 0) is 29.8 Å². The van der Waals surface area contributed by atoms with E-state index in [1.807, 2.05) is 0 Å². The number of hydrogen-bond acceptors (Lipinski definition) is 3. The fourth-order valence-electron chi connectivity index (χ4n) is 2.13. The average Bonchev–Trinajstić information content (AvgIpc) is 2.70. The number of benzene rings is 2. The number of imidazole rings is 1. The summed E-state index contributed by atoms with van der Waals surface area (Å²) in [7, 11) is 0. The highest BCUT2D eigenvalue weighted by atomic mass is 16.3. The first-order chi connectivity index (χ1) is 9.15. The molecule has 0 radical (unpaired) electrons. The zero-order valence-electron chi connectivity index (χ0n) is 10.00. The highest BCUT2D eigenvalue weighted by molar-refractivity contribution is 5.81. The van der Waals surface area contributed by atoms with Crippen LogP contribution in [0.1, 0.15) is 5.56 Å². The van der Waals surface area contributed by atoms with Gasteiger partial charge in [0.1, 0.15) is 17.0 Å². The van der Waals surface area contributed by atoms with Crippen molar-refractivity contribution in [3.8, 4) is 11.5 Å². The summed E-state index contributed by atoms with van der Waals surface area (Å²) < 4.78 is 1.47. The Morgan fingerprint density at radius 3 is 2.53 bits per heavy atom. The van der Waals surface area contributed by atoms with Crippen molar-refractivity contribution < 1.29 is 10.2 Å². The summed E-state index contributed by atoms with van der Waals surface area (Å²) in [6.45, 7) is 0.330. The molecule has 3 rings (SSSR count). The molecule has 0 saturated carbocycles. The molecule has 0 bridgehead atoms. The predicted octanol–water partition coefficient (Wildman–Crippen LogP) is 1.79. The van der Waals surface area contributed by atoms with Crippen LogP contribution in [0, 0.1) is 0 Å². The van der Waals surface area contributed by atoms with Crippen LogP contribution in [0.25, 0.3) is 11.0 Å². The van der Waals surface area contributed by atoms with Gasteiger partial charge >= 0.3 is 5.69 Å². The van der Waals surface area contributed by atoms with Gasteiger partial charge in [-0.2, -0.15) is 0 Å². The summed E-state index contributed by atoms with van der Waals surface area (Å²) in [4.78, 5) is 14.6. The molecule has 0 saturated heterocycles. The highest BCUT2D eigenvalue weighted by Gasteiger charge is 2.10. The second-order valence-electron chi connectivity index (χ2n) is 4.36. The molecule has 0 atom stereocenters. The van der Waals surface area contributed by atoms with E-state index in [1.54, 1.807) is 42.5 Å². The number of fused-ring (bicyclic) bond motifs is 1. The van der Waals surface area contributed by atoms with Crippen molar-refractivity contribution in [2.75, 3.05) is 0 Å². The molecule has 3 aromatic rings. The number of para-hydroxylation sites is 1. The second kappa shape index (κ2) is 4.20. The van der Waals surface area contributed by atoms with Crippen molar-refractivity contribution in [1.82, 2.24) is 9.55 Å². The number of nitrogens with zero attached hydrogens (tertiary/aromatic N) is 1. The monoisotopic (exact) mass is 256 g/mol. The van der Waals surface area contributed by atoms with E-state index in [0.717, 1.165) is 5.56 Å². The number of phenolic OH excluding ortho intramolecular Hbond substituents is 2. The van der Waals surface area contributed by atoms with Crippen molar-refractivity contribution in [3.05, 3.63) is 58.5 Å². The molecular weight excluding hydrogens is 244 g/mol. The van der Waals surface area contributed by atoms with E-state index in [9.17, 15) is 15.0 Å². The molecule has 0 unspecified atom stereocenters. The number of nitrogens with one attached hydrogen (secondary N) is 1. The molecule has 3 N–H and O–H groups in total. The van der Waals surface area contributed by atoms with Crippen LogP contribution in [0.4, 0.5) is 0 Å². The highest BCUT2D eigenvalue weighted by Crippen LogP contribution is 2.22. The molecule has 96 valence electrons. The number of aromatic amines is 1. The molecule has 5 heteroatoms. The lowest BCUT2D eigenvalue weighted by molar-refractivity contribution is 0.474. The predicted molar refractivity (Wildman–Crippen MR) is 71.4 cm³/mol. The minimum atomic E-state index is -0.274. The SMILES string of the molecule is O=c1[nH]c2cccc(O)c2n1Cc1ccc(O)cc1. The van der Waals surface area contributed by atoms with Gasteiger partial charge in [0.05, 0.1) is 12.1 Å². The Morgan fingerprint density at radius 2 is 1.79 bits per heavy atom. The third-order valence-electron chi connectivity index (χ3n) is 3.05. The first-order valence-corrected chi connectivity index (χ1v) is 5.83. The fraction of sp³-hybridized carbons (Fsp3) is 0.0714. The topological polar surface area (TPSA) is 78.2 Å². The summed E-state index contributed by atoms with van der Waals surface area (Å²) in [5.41, 5.74) is 1.68. The molecule has 0 amide bonds. The second-order valence-corrected chi connectivity index (χ2v) is 4.36. The summed E-state index contributed by atoms with van der Waals surface area (Å²) in [6, 6.07) is 11.6. The Morgan fingerprint density at radius 1 is 1.05 bits per heavy atom. The maximum absolute atomic E-state index is 11.9. The van der Waals surface area contributed by atoms with Crippen molar-refractivity contribution in [1.29, 1.82) is 0 Å². The molecular formula is C14H12N2O3. The number of aromatic nitrogens is 2. The maximum atomic E-state index is 11.9. The van der Waals surface area contributed by atoms with E-state index >= 15 is 0 Å². The third-order valence-corrected chi connectivity index (χ3v) is 3.05. The number of rotatable bonds is 2. The average molecular weight is 256 g/mol. The quantitative estimate of drug-likeness (QED) is 0.654. The van der Waals surface area contributed by atoms with Gasteiger partial charge in [-0.25, -0.2) is 4.79 Å². The Labute approximate surface area is 108 Å². The summed E-state index contributed by atoms with van der Waals surface area (Å²) in [5.74, 6) is 0.243.